The number of nitrogens with two attached hydrogens (primary N) is 1. The number of hydrogen-bond donors (Lipinski definition) is 2. The molecule has 1 aromatic carbocycles. The Bertz CT molecular complexity index is 860. The van der Waals surface area contributed by atoms with Gasteiger partial charge in [0.2, 0.25) is 5.91 Å². The molecule has 7 heteroatoms. The summed E-state index contributed by atoms with van der Waals surface area (Å²) in [4.78, 5) is 34.2. The molecule has 0 fully saturated rings. The monoisotopic (exact) mass is 351 g/mol. The molecule has 0 saturated heterocycles. The van der Waals surface area contributed by atoms with Gasteiger partial charge >= 0.3 is 0 Å². The van der Waals surface area contributed by atoms with Crippen molar-refractivity contribution >= 4 is 23.5 Å². The largest absolute Gasteiger partial charge is 0.369 e. The molecule has 2 heterocycles. The van der Waals surface area contributed by atoms with E-state index in [1.165, 1.54) is 4.90 Å². The lowest BCUT2D eigenvalue weighted by Gasteiger charge is -2.25. The zero-order valence-electron chi connectivity index (χ0n) is 14.8. The molecule has 0 radical (unpaired) electrons. The minimum Gasteiger partial charge on any atom is -0.369 e. The fourth-order valence-electron chi connectivity index (χ4n) is 2.70. The third kappa shape index (κ3) is 3.72. The van der Waals surface area contributed by atoms with Crippen LogP contribution in [-0.4, -0.2) is 34.7 Å². The van der Waals surface area contributed by atoms with Crippen molar-refractivity contribution in [3.05, 3.63) is 59.4 Å². The topological polar surface area (TPSA) is 101 Å². The smallest absolute Gasteiger partial charge is 0.274 e. The number of carbonyl (C=O) groups is 2. The minimum absolute atomic E-state index is 0.0860. The van der Waals surface area contributed by atoms with Gasteiger partial charge in [-0.25, -0.2) is 4.99 Å². The van der Waals surface area contributed by atoms with Crippen molar-refractivity contribution in [2.45, 2.75) is 25.8 Å². The first-order chi connectivity index (χ1) is 12.5. The van der Waals surface area contributed by atoms with Crippen molar-refractivity contribution in [3.63, 3.8) is 0 Å². The highest BCUT2D eigenvalue weighted by atomic mass is 16.2. The van der Waals surface area contributed by atoms with Crippen molar-refractivity contribution in [2.24, 2.45) is 10.7 Å². The SMILES string of the molecule is CCc1ccc(C(=O)Nc2cccc(C3CC(=O)N(C)C(N)=N3)c2)nc1. The number of nitrogens with zero attached hydrogens (tertiary/aromatic N) is 3. The number of guanidine groups is 1. The Morgan fingerprint density at radius 3 is 2.81 bits per heavy atom. The van der Waals surface area contributed by atoms with Gasteiger partial charge in [-0.1, -0.05) is 25.1 Å². The van der Waals surface area contributed by atoms with E-state index in [-0.39, 0.29) is 30.2 Å². The maximum Gasteiger partial charge on any atom is 0.274 e. The van der Waals surface area contributed by atoms with Crippen molar-refractivity contribution in [1.29, 1.82) is 0 Å². The van der Waals surface area contributed by atoms with Crippen LogP contribution in [0.1, 0.15) is 41.0 Å². The van der Waals surface area contributed by atoms with Crippen LogP contribution in [0, 0.1) is 0 Å². The summed E-state index contributed by atoms with van der Waals surface area (Å²) in [6.07, 6.45) is 2.82. The first-order valence-electron chi connectivity index (χ1n) is 8.44. The third-order valence-corrected chi connectivity index (χ3v) is 4.37. The first-order valence-corrected chi connectivity index (χ1v) is 8.44. The highest BCUT2D eigenvalue weighted by Crippen LogP contribution is 2.27. The first kappa shape index (κ1) is 17.6. The molecule has 0 saturated carbocycles. The van der Waals surface area contributed by atoms with Crippen molar-refractivity contribution in [3.8, 4) is 0 Å². The summed E-state index contributed by atoms with van der Waals surface area (Å²) in [5.74, 6) is -0.176. The molecule has 1 unspecified atom stereocenters. The molecule has 0 bridgehead atoms. The second-order valence-corrected chi connectivity index (χ2v) is 6.14. The highest BCUT2D eigenvalue weighted by molar-refractivity contribution is 6.03. The predicted octanol–water partition coefficient (Wildman–Crippen LogP) is 2.11. The van der Waals surface area contributed by atoms with Crippen LogP contribution in [-0.2, 0) is 11.2 Å². The maximum atomic E-state index is 12.4. The normalized spacial score (nSPS) is 17.0. The van der Waals surface area contributed by atoms with E-state index in [1.807, 2.05) is 25.1 Å². The summed E-state index contributed by atoms with van der Waals surface area (Å²) in [5.41, 5.74) is 8.66. The standard InChI is InChI=1S/C19H21N5O2/c1-3-12-7-8-15(21-11-12)18(26)22-14-6-4-5-13(9-14)16-10-17(25)24(2)19(20)23-16/h4-9,11,16H,3,10H2,1-2H3,(H2,20,23)(H,22,26). The van der Waals surface area contributed by atoms with Crippen molar-refractivity contribution in [1.82, 2.24) is 9.88 Å². The number of amides is 2. The molecule has 0 aliphatic carbocycles. The maximum absolute atomic E-state index is 12.4. The van der Waals surface area contributed by atoms with E-state index in [0.29, 0.717) is 11.4 Å². The molecule has 26 heavy (non-hydrogen) atoms. The fraction of sp³-hybridized carbons (Fsp3) is 0.263. The van der Waals surface area contributed by atoms with Gasteiger partial charge in [0, 0.05) is 18.9 Å². The Morgan fingerprint density at radius 2 is 2.15 bits per heavy atom. The number of pyridine rings is 1. The van der Waals surface area contributed by atoms with Gasteiger partial charge in [-0.2, -0.15) is 0 Å². The number of anilines is 1. The van der Waals surface area contributed by atoms with Gasteiger partial charge in [0.1, 0.15) is 5.69 Å². The van der Waals surface area contributed by atoms with Gasteiger partial charge in [-0.3, -0.25) is 19.5 Å². The number of aryl methyl sites for hydroxylation is 1. The van der Waals surface area contributed by atoms with E-state index < -0.39 is 0 Å². The van der Waals surface area contributed by atoms with E-state index in [0.717, 1.165) is 17.5 Å². The number of rotatable bonds is 4. The summed E-state index contributed by atoms with van der Waals surface area (Å²) in [6.45, 7) is 2.03. The summed E-state index contributed by atoms with van der Waals surface area (Å²) in [7, 11) is 1.60. The van der Waals surface area contributed by atoms with Crippen LogP contribution >= 0.6 is 0 Å². The Morgan fingerprint density at radius 1 is 1.35 bits per heavy atom. The van der Waals surface area contributed by atoms with Crippen LogP contribution in [0.25, 0.3) is 0 Å². The predicted molar refractivity (Wildman–Crippen MR) is 99.8 cm³/mol. The molecule has 1 atom stereocenters. The minimum atomic E-state index is -0.350. The van der Waals surface area contributed by atoms with Crippen LogP contribution in [0.15, 0.2) is 47.6 Å². The van der Waals surface area contributed by atoms with E-state index in [9.17, 15) is 9.59 Å². The number of benzene rings is 1. The molecule has 7 nitrogen and oxygen atoms in total. The molecule has 1 aromatic heterocycles. The van der Waals surface area contributed by atoms with Crippen LogP contribution in [0.2, 0.25) is 0 Å². The van der Waals surface area contributed by atoms with Crippen LogP contribution in [0.4, 0.5) is 5.69 Å². The Balaban J connectivity index is 1.77. The molecule has 1 aliphatic heterocycles. The van der Waals surface area contributed by atoms with Crippen LogP contribution in [0.3, 0.4) is 0 Å². The lowest BCUT2D eigenvalue weighted by molar-refractivity contribution is -0.127. The Labute approximate surface area is 151 Å². The number of nitrogens with one attached hydrogen (secondary N) is 1. The van der Waals surface area contributed by atoms with E-state index >= 15 is 0 Å². The van der Waals surface area contributed by atoms with E-state index in [4.69, 9.17) is 5.73 Å². The summed E-state index contributed by atoms with van der Waals surface area (Å²) in [6, 6.07) is 10.5. The van der Waals surface area contributed by atoms with Gasteiger partial charge in [0.05, 0.1) is 12.5 Å². The lowest BCUT2D eigenvalue weighted by Crippen LogP contribution is -2.42. The molecule has 2 amide bonds. The van der Waals surface area contributed by atoms with Gasteiger partial charge < -0.3 is 11.1 Å². The van der Waals surface area contributed by atoms with Crippen LogP contribution in [0.5, 0.6) is 0 Å². The van der Waals surface area contributed by atoms with Gasteiger partial charge in [-0.15, -0.1) is 0 Å². The number of aliphatic imine (C=N–C) groups is 1. The van der Waals surface area contributed by atoms with Crippen LogP contribution < -0.4 is 11.1 Å². The zero-order valence-corrected chi connectivity index (χ0v) is 14.8. The second-order valence-electron chi connectivity index (χ2n) is 6.14. The van der Waals surface area contributed by atoms with E-state index in [2.05, 4.69) is 15.3 Å². The number of aromatic nitrogens is 1. The average molecular weight is 351 g/mol. The molecule has 3 rings (SSSR count). The molecule has 134 valence electrons. The molecule has 2 aromatic rings. The lowest BCUT2D eigenvalue weighted by atomic mass is 10.0. The highest BCUT2D eigenvalue weighted by Gasteiger charge is 2.25. The van der Waals surface area contributed by atoms with Gasteiger partial charge in [-0.05, 0) is 35.7 Å². The molecule has 0 spiro atoms. The molecular formula is C19H21N5O2. The van der Waals surface area contributed by atoms with Gasteiger partial charge in [0.15, 0.2) is 5.96 Å². The fourth-order valence-corrected chi connectivity index (χ4v) is 2.70. The Kier molecular flexibility index (Phi) is 4.97. The average Bonchev–Trinajstić information content (AvgIpc) is 2.66. The Hall–Kier alpha value is -3.22. The molecular weight excluding hydrogens is 330 g/mol. The zero-order chi connectivity index (χ0) is 18.7. The van der Waals surface area contributed by atoms with Gasteiger partial charge in [0.25, 0.3) is 5.91 Å². The quantitative estimate of drug-likeness (QED) is 0.881. The molecule has 3 N–H and O–H groups in total. The summed E-state index contributed by atoms with van der Waals surface area (Å²) < 4.78 is 0. The van der Waals surface area contributed by atoms with E-state index in [1.54, 1.807) is 31.4 Å². The summed E-state index contributed by atoms with van der Waals surface area (Å²) in [5, 5.41) is 2.83. The summed E-state index contributed by atoms with van der Waals surface area (Å²) >= 11 is 0. The number of hydrogen-bond acceptors (Lipinski definition) is 5. The third-order valence-electron chi connectivity index (χ3n) is 4.37. The van der Waals surface area contributed by atoms with Crippen molar-refractivity contribution in [2.75, 3.05) is 12.4 Å². The second kappa shape index (κ2) is 7.35. The molecule has 1 aliphatic rings. The number of carbonyl (C=O) groups excluding carboxylic acids is 2. The van der Waals surface area contributed by atoms with Crippen molar-refractivity contribution < 1.29 is 9.59 Å².